The number of aryl methyl sites for hydroxylation is 1. The van der Waals surface area contributed by atoms with E-state index in [1.807, 2.05) is 19.1 Å². The van der Waals surface area contributed by atoms with Crippen LogP contribution in [0.25, 0.3) is 0 Å². The van der Waals surface area contributed by atoms with Crippen molar-refractivity contribution in [1.29, 1.82) is 0 Å². The molecule has 2 aromatic rings. The van der Waals surface area contributed by atoms with Gasteiger partial charge in [-0.2, -0.15) is 0 Å². The fourth-order valence-corrected chi connectivity index (χ4v) is 3.20. The molecule has 0 saturated heterocycles. The van der Waals surface area contributed by atoms with E-state index in [1.165, 1.54) is 11.1 Å². The molecule has 0 spiro atoms. The van der Waals surface area contributed by atoms with Gasteiger partial charge in [0.15, 0.2) is 0 Å². The average Bonchev–Trinajstić information content (AvgIpc) is 2.43. The number of nitrogens with one attached hydrogen (secondary N) is 1. The summed E-state index contributed by atoms with van der Waals surface area (Å²) in [5.41, 5.74) is 3.65. The molecule has 2 unspecified atom stereocenters. The lowest BCUT2D eigenvalue weighted by Crippen LogP contribution is -2.34. The largest absolute Gasteiger partial charge is 0.310 e. The lowest BCUT2D eigenvalue weighted by molar-refractivity contribution is 0.403. The third kappa shape index (κ3) is 2.46. The Balaban J connectivity index is 1.99. The second-order valence-electron chi connectivity index (χ2n) is 5.67. The van der Waals surface area contributed by atoms with Crippen LogP contribution in [0.2, 0.25) is 0 Å². The highest BCUT2D eigenvalue weighted by molar-refractivity contribution is 5.44. The predicted octanol–water partition coefficient (Wildman–Crippen LogP) is 4.26. The van der Waals surface area contributed by atoms with Gasteiger partial charge >= 0.3 is 0 Å². The molecule has 1 aliphatic rings. The predicted molar refractivity (Wildman–Crippen MR) is 80.4 cm³/mol. The first kappa shape index (κ1) is 14.2. The zero-order chi connectivity index (χ0) is 15.0. The topological polar surface area (TPSA) is 12.0 Å². The second kappa shape index (κ2) is 5.57. The molecule has 0 saturated carbocycles. The van der Waals surface area contributed by atoms with Crippen molar-refractivity contribution in [3.8, 4) is 0 Å². The summed E-state index contributed by atoms with van der Waals surface area (Å²) in [6.07, 6.45) is 0.934. The van der Waals surface area contributed by atoms with Crippen molar-refractivity contribution in [2.75, 3.05) is 6.54 Å². The number of halogens is 2. The van der Waals surface area contributed by atoms with Gasteiger partial charge in [0.2, 0.25) is 0 Å². The Kier molecular flexibility index (Phi) is 3.77. The minimum Gasteiger partial charge on any atom is -0.310 e. The van der Waals surface area contributed by atoms with Gasteiger partial charge in [-0.1, -0.05) is 31.2 Å². The summed E-state index contributed by atoms with van der Waals surface area (Å²) in [6.45, 7) is 4.43. The van der Waals surface area contributed by atoms with E-state index < -0.39 is 11.6 Å². The Morgan fingerprint density at radius 3 is 2.67 bits per heavy atom. The number of fused-ring (bicyclic) bond motifs is 1. The molecule has 1 aliphatic carbocycles. The normalized spacial score (nSPS) is 18.0. The molecule has 0 aliphatic heterocycles. The van der Waals surface area contributed by atoms with Crippen LogP contribution in [0.3, 0.4) is 0 Å². The van der Waals surface area contributed by atoms with Crippen LogP contribution in [0.4, 0.5) is 8.78 Å². The van der Waals surface area contributed by atoms with Gasteiger partial charge in [-0.3, -0.25) is 0 Å². The number of rotatable bonds is 4. The van der Waals surface area contributed by atoms with Gasteiger partial charge in [-0.05, 0) is 42.6 Å². The standard InChI is InChI=1S/C18H19F2N/c1-3-21-18(14-9-12-6-4-5-7-13(12)14)15-8-11(2)16(19)10-17(15)20/h4-8,10,14,18,21H,3,9H2,1-2H3. The van der Waals surface area contributed by atoms with Crippen molar-refractivity contribution in [2.45, 2.75) is 32.2 Å². The van der Waals surface area contributed by atoms with Crippen LogP contribution in [0.15, 0.2) is 36.4 Å². The maximum absolute atomic E-state index is 14.2. The van der Waals surface area contributed by atoms with E-state index in [4.69, 9.17) is 0 Å². The number of hydrogen-bond donors (Lipinski definition) is 1. The fourth-order valence-electron chi connectivity index (χ4n) is 3.20. The van der Waals surface area contributed by atoms with Crippen LogP contribution >= 0.6 is 0 Å². The maximum atomic E-state index is 14.2. The van der Waals surface area contributed by atoms with Gasteiger partial charge in [0.1, 0.15) is 11.6 Å². The molecule has 0 amide bonds. The smallest absolute Gasteiger partial charge is 0.130 e. The third-order valence-electron chi connectivity index (χ3n) is 4.33. The first-order valence-corrected chi connectivity index (χ1v) is 7.38. The molecule has 0 heterocycles. The second-order valence-corrected chi connectivity index (χ2v) is 5.67. The lowest BCUT2D eigenvalue weighted by atomic mass is 9.71. The summed E-state index contributed by atoms with van der Waals surface area (Å²) in [7, 11) is 0. The molecule has 1 N–H and O–H groups in total. The van der Waals surface area contributed by atoms with Crippen LogP contribution in [-0.2, 0) is 6.42 Å². The summed E-state index contributed by atoms with van der Waals surface area (Å²) in [5.74, 6) is -0.700. The quantitative estimate of drug-likeness (QED) is 0.885. The van der Waals surface area contributed by atoms with Crippen LogP contribution in [-0.4, -0.2) is 6.54 Å². The first-order valence-electron chi connectivity index (χ1n) is 7.38. The summed E-state index contributed by atoms with van der Waals surface area (Å²) >= 11 is 0. The summed E-state index contributed by atoms with van der Waals surface area (Å²) in [4.78, 5) is 0. The fraction of sp³-hybridized carbons (Fsp3) is 0.333. The zero-order valence-corrected chi connectivity index (χ0v) is 12.3. The molecule has 0 bridgehead atoms. The number of hydrogen-bond acceptors (Lipinski definition) is 1. The van der Waals surface area contributed by atoms with E-state index in [9.17, 15) is 8.78 Å². The molecular weight excluding hydrogens is 268 g/mol. The van der Waals surface area contributed by atoms with Gasteiger partial charge < -0.3 is 5.32 Å². The Hall–Kier alpha value is -1.74. The van der Waals surface area contributed by atoms with E-state index in [1.54, 1.807) is 13.0 Å². The molecule has 3 heteroatoms. The van der Waals surface area contributed by atoms with E-state index >= 15 is 0 Å². The van der Waals surface area contributed by atoms with Crippen LogP contribution in [0.5, 0.6) is 0 Å². The zero-order valence-electron chi connectivity index (χ0n) is 12.3. The van der Waals surface area contributed by atoms with Crippen molar-refractivity contribution in [3.63, 3.8) is 0 Å². The van der Waals surface area contributed by atoms with E-state index in [0.717, 1.165) is 19.0 Å². The Morgan fingerprint density at radius 1 is 1.19 bits per heavy atom. The van der Waals surface area contributed by atoms with E-state index in [0.29, 0.717) is 11.1 Å². The molecule has 0 aromatic heterocycles. The highest BCUT2D eigenvalue weighted by Gasteiger charge is 2.34. The Bertz CT molecular complexity index is 666. The molecule has 2 atom stereocenters. The minimum absolute atomic E-state index is 0.107. The molecule has 1 nitrogen and oxygen atoms in total. The lowest BCUT2D eigenvalue weighted by Gasteiger charge is -2.37. The molecular formula is C18H19F2N. The molecule has 3 rings (SSSR count). The minimum atomic E-state index is -0.486. The van der Waals surface area contributed by atoms with Crippen LogP contribution in [0, 0.1) is 18.6 Å². The molecule has 21 heavy (non-hydrogen) atoms. The van der Waals surface area contributed by atoms with Gasteiger partial charge in [0.25, 0.3) is 0 Å². The van der Waals surface area contributed by atoms with E-state index in [-0.39, 0.29) is 12.0 Å². The Morgan fingerprint density at radius 2 is 1.95 bits per heavy atom. The highest BCUT2D eigenvalue weighted by atomic mass is 19.1. The third-order valence-corrected chi connectivity index (χ3v) is 4.33. The summed E-state index contributed by atoms with van der Waals surface area (Å²) in [6, 6.07) is 10.8. The van der Waals surface area contributed by atoms with Crippen LogP contribution < -0.4 is 5.32 Å². The van der Waals surface area contributed by atoms with Gasteiger partial charge in [0, 0.05) is 23.6 Å². The summed E-state index contributed by atoms with van der Waals surface area (Å²) < 4.78 is 27.7. The van der Waals surface area contributed by atoms with Crippen molar-refractivity contribution in [2.24, 2.45) is 0 Å². The number of benzene rings is 2. The van der Waals surface area contributed by atoms with Crippen molar-refractivity contribution < 1.29 is 8.78 Å². The van der Waals surface area contributed by atoms with E-state index in [2.05, 4.69) is 17.4 Å². The Labute approximate surface area is 124 Å². The number of likely N-dealkylation sites (N-methyl/N-ethyl adjacent to an activating group) is 1. The molecule has 0 fully saturated rings. The molecule has 2 aromatic carbocycles. The maximum Gasteiger partial charge on any atom is 0.130 e. The monoisotopic (exact) mass is 287 g/mol. The van der Waals surface area contributed by atoms with Crippen molar-refractivity contribution in [3.05, 3.63) is 70.3 Å². The highest BCUT2D eigenvalue weighted by Crippen LogP contribution is 2.44. The molecule has 0 radical (unpaired) electrons. The molecule has 110 valence electrons. The van der Waals surface area contributed by atoms with Gasteiger partial charge in [0.05, 0.1) is 0 Å². The first-order chi connectivity index (χ1) is 10.1. The van der Waals surface area contributed by atoms with Gasteiger partial charge in [-0.15, -0.1) is 0 Å². The summed E-state index contributed by atoms with van der Waals surface area (Å²) in [5, 5.41) is 3.37. The SMILES string of the molecule is CCNC(c1cc(C)c(F)cc1F)C1Cc2ccccc21. The van der Waals surface area contributed by atoms with Crippen LogP contribution in [0.1, 0.15) is 41.1 Å². The van der Waals surface area contributed by atoms with Crippen molar-refractivity contribution >= 4 is 0 Å². The van der Waals surface area contributed by atoms with Crippen molar-refractivity contribution in [1.82, 2.24) is 5.32 Å². The van der Waals surface area contributed by atoms with Gasteiger partial charge in [-0.25, -0.2) is 8.78 Å². The average molecular weight is 287 g/mol.